The maximum Gasteiger partial charge on any atom is 0.416 e. The lowest BCUT2D eigenvalue weighted by molar-refractivity contribution is -0.142. The average Bonchev–Trinajstić information content (AvgIpc) is 2.56. The molecule has 4 rings (SSSR count). The van der Waals surface area contributed by atoms with Gasteiger partial charge in [-0.05, 0) is 62.7 Å². The van der Waals surface area contributed by atoms with E-state index in [0.717, 1.165) is 29.1 Å². The lowest BCUT2D eigenvalue weighted by Crippen LogP contribution is -2.50. The third-order valence-corrected chi connectivity index (χ3v) is 5.46. The Labute approximate surface area is 172 Å². The largest absolute Gasteiger partial charge is 0.484 e. The second-order valence-corrected chi connectivity index (χ2v) is 8.60. The lowest BCUT2D eigenvalue weighted by Gasteiger charge is -2.42. The van der Waals surface area contributed by atoms with E-state index >= 15 is 0 Å². The minimum atomic E-state index is -4.44. The Balaban J connectivity index is 1.71. The zero-order valence-corrected chi connectivity index (χ0v) is 17.0. The van der Waals surface area contributed by atoms with Crippen molar-refractivity contribution in [2.45, 2.75) is 32.5 Å². The van der Waals surface area contributed by atoms with Crippen LogP contribution in [0.3, 0.4) is 0 Å². The molecule has 5 nitrogen and oxygen atoms in total. The molecule has 0 spiro atoms. The Morgan fingerprint density at radius 2 is 1.80 bits per heavy atom. The minimum Gasteiger partial charge on any atom is -0.484 e. The van der Waals surface area contributed by atoms with E-state index in [4.69, 9.17) is 9.84 Å². The smallest absolute Gasteiger partial charge is 0.416 e. The first-order valence-corrected chi connectivity index (χ1v) is 9.70. The summed E-state index contributed by atoms with van der Waals surface area (Å²) in [5.74, 6) is -0.986. The van der Waals surface area contributed by atoms with Crippen molar-refractivity contribution < 1.29 is 27.8 Å². The summed E-state index contributed by atoms with van der Waals surface area (Å²) in [6.07, 6.45) is -4.44. The summed E-state index contributed by atoms with van der Waals surface area (Å²) in [5.41, 5.74) is 1.86. The molecule has 0 atom stereocenters. The van der Waals surface area contributed by atoms with Gasteiger partial charge in [0.05, 0.1) is 23.7 Å². The normalized spacial score (nSPS) is 18.5. The third kappa shape index (κ3) is 3.78. The van der Waals surface area contributed by atoms with E-state index in [1.54, 1.807) is 0 Å². The van der Waals surface area contributed by atoms with E-state index < -0.39 is 23.3 Å². The predicted molar refractivity (Wildman–Crippen MR) is 108 cm³/mol. The molecule has 1 saturated heterocycles. The SMILES string of the molecule is Cc1cc(N2CC(C(=O)O)C2)cc(N2CC(C)(C)Oc3cc(C(F)(F)F)ccc32)c1. The molecule has 160 valence electrons. The first kappa shape index (κ1) is 20.4. The molecule has 0 saturated carbocycles. The van der Waals surface area contributed by atoms with E-state index in [9.17, 15) is 18.0 Å². The third-order valence-electron chi connectivity index (χ3n) is 5.46. The number of carbonyl (C=O) groups is 1. The van der Waals surface area contributed by atoms with Crippen molar-refractivity contribution in [1.29, 1.82) is 0 Å². The van der Waals surface area contributed by atoms with E-state index in [-0.39, 0.29) is 11.7 Å². The summed E-state index contributed by atoms with van der Waals surface area (Å²) in [6.45, 7) is 6.98. The van der Waals surface area contributed by atoms with Gasteiger partial charge >= 0.3 is 12.1 Å². The first-order chi connectivity index (χ1) is 13.9. The molecule has 8 heteroatoms. The summed E-state index contributed by atoms with van der Waals surface area (Å²) in [6, 6.07) is 9.47. The van der Waals surface area contributed by atoms with Crippen LogP contribution >= 0.6 is 0 Å². The van der Waals surface area contributed by atoms with Crippen LogP contribution in [0.2, 0.25) is 0 Å². The fourth-order valence-electron chi connectivity index (χ4n) is 3.95. The van der Waals surface area contributed by atoms with Crippen LogP contribution in [0.1, 0.15) is 25.0 Å². The van der Waals surface area contributed by atoms with Crippen LogP contribution < -0.4 is 14.5 Å². The summed E-state index contributed by atoms with van der Waals surface area (Å²) < 4.78 is 45.4. The predicted octanol–water partition coefficient (Wildman–Crippen LogP) is 4.84. The number of carboxylic acid groups (broad SMARTS) is 1. The monoisotopic (exact) mass is 420 g/mol. The van der Waals surface area contributed by atoms with E-state index in [2.05, 4.69) is 0 Å². The molecule has 2 aliphatic heterocycles. The highest BCUT2D eigenvalue weighted by Crippen LogP contribution is 2.45. The highest BCUT2D eigenvalue weighted by Gasteiger charge is 2.37. The van der Waals surface area contributed by atoms with Gasteiger partial charge in [-0.15, -0.1) is 0 Å². The van der Waals surface area contributed by atoms with Gasteiger partial charge in [0.15, 0.2) is 0 Å². The molecule has 1 N–H and O–H groups in total. The summed E-state index contributed by atoms with van der Waals surface area (Å²) in [4.78, 5) is 15.1. The van der Waals surface area contributed by atoms with Crippen molar-refractivity contribution in [3.05, 3.63) is 47.5 Å². The minimum absolute atomic E-state index is 0.194. The Bertz CT molecular complexity index is 998. The van der Waals surface area contributed by atoms with E-state index in [1.807, 2.05) is 48.8 Å². The average molecular weight is 420 g/mol. The number of fused-ring (bicyclic) bond motifs is 1. The molecule has 0 unspecified atom stereocenters. The summed E-state index contributed by atoms with van der Waals surface area (Å²) in [5, 5.41) is 9.13. The summed E-state index contributed by atoms with van der Waals surface area (Å²) >= 11 is 0. The summed E-state index contributed by atoms with van der Waals surface area (Å²) in [7, 11) is 0. The Morgan fingerprint density at radius 3 is 2.43 bits per heavy atom. The molecule has 1 fully saturated rings. The fourth-order valence-corrected chi connectivity index (χ4v) is 3.95. The number of hydrogen-bond acceptors (Lipinski definition) is 4. The molecule has 2 heterocycles. The second-order valence-electron chi connectivity index (χ2n) is 8.60. The van der Waals surface area contributed by atoms with Gasteiger partial charge in [-0.25, -0.2) is 0 Å². The van der Waals surface area contributed by atoms with Crippen LogP contribution in [0.5, 0.6) is 5.75 Å². The number of hydrogen-bond donors (Lipinski definition) is 1. The Morgan fingerprint density at radius 1 is 1.13 bits per heavy atom. The van der Waals surface area contributed by atoms with Crippen molar-refractivity contribution in [2.24, 2.45) is 5.92 Å². The van der Waals surface area contributed by atoms with Crippen LogP contribution in [0.4, 0.5) is 30.2 Å². The topological polar surface area (TPSA) is 53.0 Å². The number of carboxylic acids is 1. The van der Waals surface area contributed by atoms with Crippen molar-refractivity contribution in [3.8, 4) is 5.75 Å². The van der Waals surface area contributed by atoms with Crippen molar-refractivity contribution in [1.82, 2.24) is 0 Å². The number of nitrogens with zero attached hydrogens (tertiary/aromatic N) is 2. The molecule has 2 aromatic rings. The molecular weight excluding hydrogens is 397 g/mol. The molecule has 0 aromatic heterocycles. The molecule has 0 radical (unpaired) electrons. The molecule has 0 amide bonds. The first-order valence-electron chi connectivity index (χ1n) is 9.70. The number of alkyl halides is 3. The molecular formula is C22H23F3N2O3. The lowest BCUT2D eigenvalue weighted by atomic mass is 9.98. The highest BCUT2D eigenvalue weighted by molar-refractivity contribution is 5.77. The van der Waals surface area contributed by atoms with Gasteiger partial charge in [-0.3, -0.25) is 4.79 Å². The number of ether oxygens (including phenoxy) is 1. The second kappa shape index (κ2) is 6.82. The number of aliphatic carboxylic acids is 1. The van der Waals surface area contributed by atoms with Gasteiger partial charge < -0.3 is 19.6 Å². The highest BCUT2D eigenvalue weighted by atomic mass is 19.4. The molecule has 2 aliphatic rings. The van der Waals surface area contributed by atoms with Gasteiger partial charge in [0.2, 0.25) is 0 Å². The Kier molecular flexibility index (Phi) is 4.63. The molecule has 30 heavy (non-hydrogen) atoms. The number of aryl methyl sites for hydroxylation is 1. The molecule has 2 aromatic carbocycles. The zero-order valence-electron chi connectivity index (χ0n) is 17.0. The van der Waals surface area contributed by atoms with Crippen molar-refractivity contribution in [3.63, 3.8) is 0 Å². The van der Waals surface area contributed by atoms with Gasteiger partial charge in [0.1, 0.15) is 11.4 Å². The van der Waals surface area contributed by atoms with Crippen LogP contribution in [0.25, 0.3) is 0 Å². The maximum atomic E-state index is 13.2. The van der Waals surface area contributed by atoms with Gasteiger partial charge in [0, 0.05) is 24.5 Å². The number of benzene rings is 2. The van der Waals surface area contributed by atoms with Crippen LogP contribution in [0.15, 0.2) is 36.4 Å². The van der Waals surface area contributed by atoms with Crippen molar-refractivity contribution >= 4 is 23.0 Å². The van der Waals surface area contributed by atoms with Gasteiger partial charge in [-0.2, -0.15) is 13.2 Å². The van der Waals surface area contributed by atoms with Crippen molar-refractivity contribution in [2.75, 3.05) is 29.4 Å². The number of anilines is 3. The van der Waals surface area contributed by atoms with E-state index in [0.29, 0.717) is 25.3 Å². The van der Waals surface area contributed by atoms with E-state index in [1.165, 1.54) is 6.07 Å². The maximum absolute atomic E-state index is 13.2. The zero-order chi connectivity index (χ0) is 21.8. The standard InChI is InChI=1S/C22H23F3N2O3/c1-13-6-16(26-10-14(11-26)20(28)29)9-17(7-13)27-12-21(2,3)30-19-8-15(22(23,24)25)4-5-18(19)27/h4-9,14H,10-12H2,1-3H3,(H,28,29). The van der Waals surface area contributed by atoms with Gasteiger partial charge in [0.25, 0.3) is 0 Å². The molecule has 0 aliphatic carbocycles. The van der Waals surface area contributed by atoms with Crippen LogP contribution in [0, 0.1) is 12.8 Å². The Hall–Kier alpha value is -2.90. The number of rotatable bonds is 3. The fraction of sp³-hybridized carbons (Fsp3) is 0.409. The number of halogens is 3. The molecule has 0 bridgehead atoms. The quantitative estimate of drug-likeness (QED) is 0.770. The van der Waals surface area contributed by atoms with Crippen LogP contribution in [-0.4, -0.2) is 36.3 Å². The van der Waals surface area contributed by atoms with Gasteiger partial charge in [-0.1, -0.05) is 0 Å². The van der Waals surface area contributed by atoms with Crippen LogP contribution in [-0.2, 0) is 11.0 Å².